The first-order valence-electron chi connectivity index (χ1n) is 10.0. The molecule has 6 heteroatoms. The molecule has 3 rings (SSSR count). The minimum absolute atomic E-state index is 0.124. The molecule has 1 aliphatic heterocycles. The van der Waals surface area contributed by atoms with Gasteiger partial charge < -0.3 is 19.5 Å². The van der Waals surface area contributed by atoms with Crippen LogP contribution in [0.5, 0.6) is 0 Å². The summed E-state index contributed by atoms with van der Waals surface area (Å²) < 4.78 is 8.18. The van der Waals surface area contributed by atoms with E-state index in [1.807, 2.05) is 25.4 Å². The van der Waals surface area contributed by atoms with Crippen molar-refractivity contribution in [3.63, 3.8) is 0 Å². The van der Waals surface area contributed by atoms with Crippen molar-refractivity contribution in [2.45, 2.75) is 32.4 Å². The Morgan fingerprint density at radius 1 is 1.36 bits per heavy atom. The van der Waals surface area contributed by atoms with Crippen molar-refractivity contribution < 1.29 is 4.74 Å². The van der Waals surface area contributed by atoms with Gasteiger partial charge in [-0.1, -0.05) is 41.9 Å². The van der Waals surface area contributed by atoms with Gasteiger partial charge in [-0.3, -0.25) is 4.99 Å². The second-order valence-electron chi connectivity index (χ2n) is 7.42. The highest BCUT2D eigenvalue weighted by Crippen LogP contribution is 2.33. The van der Waals surface area contributed by atoms with Crippen molar-refractivity contribution in [2.75, 3.05) is 26.7 Å². The Kier molecular flexibility index (Phi) is 7.40. The van der Waals surface area contributed by atoms with Gasteiger partial charge in [-0.2, -0.15) is 0 Å². The summed E-state index contributed by atoms with van der Waals surface area (Å²) in [5, 5.41) is 4.18. The standard InChI is InChI=1S/C22H31ClN4O/c1-4-24-22(27(3)16-20-13-19(23)15-26(20)2)25-14-18-11-8-12-28-21(18)17-9-6-5-7-10-17/h5-7,9-10,13,15,18,21H,4,8,11-12,14,16H2,1-3H3,(H,24,25). The molecule has 1 saturated heterocycles. The summed E-state index contributed by atoms with van der Waals surface area (Å²) in [5.74, 6) is 1.31. The molecule has 0 radical (unpaired) electrons. The van der Waals surface area contributed by atoms with Gasteiger partial charge >= 0.3 is 0 Å². The van der Waals surface area contributed by atoms with Crippen LogP contribution < -0.4 is 5.32 Å². The first-order chi connectivity index (χ1) is 13.6. The third-order valence-electron chi connectivity index (χ3n) is 5.22. The van der Waals surface area contributed by atoms with E-state index in [1.165, 1.54) is 5.56 Å². The Balaban J connectivity index is 1.71. The molecule has 5 nitrogen and oxygen atoms in total. The molecule has 1 aromatic carbocycles. The zero-order chi connectivity index (χ0) is 19.9. The molecule has 1 aromatic heterocycles. The van der Waals surface area contributed by atoms with Gasteiger partial charge in [0.15, 0.2) is 5.96 Å². The smallest absolute Gasteiger partial charge is 0.194 e. The van der Waals surface area contributed by atoms with Gasteiger partial charge in [0, 0.05) is 51.6 Å². The number of hydrogen-bond acceptors (Lipinski definition) is 2. The summed E-state index contributed by atoms with van der Waals surface area (Å²) in [6, 6.07) is 12.5. The average Bonchev–Trinajstić information content (AvgIpc) is 3.02. The van der Waals surface area contributed by atoms with Gasteiger partial charge in [-0.05, 0) is 31.4 Å². The normalized spacial score (nSPS) is 20.2. The lowest BCUT2D eigenvalue weighted by atomic mass is 9.89. The van der Waals surface area contributed by atoms with Crippen molar-refractivity contribution in [1.29, 1.82) is 0 Å². The summed E-state index contributed by atoms with van der Waals surface area (Å²) >= 11 is 6.13. The van der Waals surface area contributed by atoms with Gasteiger partial charge in [0.1, 0.15) is 0 Å². The maximum atomic E-state index is 6.13. The Morgan fingerprint density at radius 2 is 2.14 bits per heavy atom. The molecule has 2 unspecified atom stereocenters. The molecule has 1 aliphatic rings. The summed E-state index contributed by atoms with van der Waals surface area (Å²) in [7, 11) is 4.08. The number of nitrogens with zero attached hydrogens (tertiary/aromatic N) is 3. The second kappa shape index (κ2) is 9.99. The van der Waals surface area contributed by atoms with E-state index in [1.54, 1.807) is 0 Å². The van der Waals surface area contributed by atoms with Crippen LogP contribution in [0.15, 0.2) is 47.6 Å². The Hall–Kier alpha value is -1.98. The van der Waals surface area contributed by atoms with Gasteiger partial charge in [0.2, 0.25) is 0 Å². The summed E-state index contributed by atoms with van der Waals surface area (Å²) in [5.41, 5.74) is 2.40. The van der Waals surface area contributed by atoms with E-state index >= 15 is 0 Å². The van der Waals surface area contributed by atoms with Crippen molar-refractivity contribution >= 4 is 17.6 Å². The van der Waals surface area contributed by atoms with Crippen molar-refractivity contribution in [3.8, 4) is 0 Å². The molecular weight excluding hydrogens is 372 g/mol. The number of rotatable bonds is 6. The van der Waals surface area contributed by atoms with E-state index in [0.717, 1.165) is 55.8 Å². The number of guanidine groups is 1. The van der Waals surface area contributed by atoms with Crippen LogP contribution in [-0.4, -0.2) is 42.2 Å². The van der Waals surface area contributed by atoms with Crippen LogP contribution in [0.4, 0.5) is 0 Å². The highest BCUT2D eigenvalue weighted by molar-refractivity contribution is 6.30. The van der Waals surface area contributed by atoms with Crippen molar-refractivity contribution in [3.05, 3.63) is 58.9 Å². The Morgan fingerprint density at radius 3 is 2.82 bits per heavy atom. The van der Waals surface area contributed by atoms with Crippen LogP contribution in [0.1, 0.15) is 37.1 Å². The molecule has 0 bridgehead atoms. The van der Waals surface area contributed by atoms with E-state index in [-0.39, 0.29) is 6.10 Å². The molecule has 2 aromatic rings. The van der Waals surface area contributed by atoms with E-state index < -0.39 is 0 Å². The maximum absolute atomic E-state index is 6.13. The van der Waals surface area contributed by atoms with E-state index in [0.29, 0.717) is 5.92 Å². The molecule has 0 amide bonds. The highest BCUT2D eigenvalue weighted by Gasteiger charge is 2.27. The van der Waals surface area contributed by atoms with Gasteiger partial charge in [0.05, 0.1) is 17.7 Å². The fourth-order valence-electron chi connectivity index (χ4n) is 3.76. The second-order valence-corrected chi connectivity index (χ2v) is 7.85. The van der Waals surface area contributed by atoms with E-state index in [4.69, 9.17) is 21.3 Å². The zero-order valence-electron chi connectivity index (χ0n) is 17.1. The summed E-state index contributed by atoms with van der Waals surface area (Å²) in [4.78, 5) is 7.10. The number of aryl methyl sites for hydroxylation is 1. The first kappa shape index (κ1) is 20.7. The molecule has 152 valence electrons. The van der Waals surface area contributed by atoms with Crippen LogP contribution in [0.3, 0.4) is 0 Å². The average molecular weight is 403 g/mol. The molecule has 1 N–H and O–H groups in total. The van der Waals surface area contributed by atoms with Gasteiger partial charge in [-0.25, -0.2) is 0 Å². The lowest BCUT2D eigenvalue weighted by molar-refractivity contribution is -0.0250. The van der Waals surface area contributed by atoms with Crippen molar-refractivity contribution in [1.82, 2.24) is 14.8 Å². The minimum atomic E-state index is 0.124. The van der Waals surface area contributed by atoms with Crippen LogP contribution in [0.25, 0.3) is 0 Å². The fraction of sp³-hybridized carbons (Fsp3) is 0.500. The number of nitrogens with one attached hydrogen (secondary N) is 1. The third kappa shape index (κ3) is 5.30. The lowest BCUT2D eigenvalue weighted by Crippen LogP contribution is -2.39. The van der Waals surface area contributed by atoms with Crippen molar-refractivity contribution in [2.24, 2.45) is 18.0 Å². The molecular formula is C22H31ClN4O. The number of ether oxygens (including phenoxy) is 1. The number of aliphatic imine (C=N–C) groups is 1. The van der Waals surface area contributed by atoms with Crippen LogP contribution in [0, 0.1) is 5.92 Å². The van der Waals surface area contributed by atoms with E-state index in [9.17, 15) is 0 Å². The van der Waals surface area contributed by atoms with Crippen LogP contribution in [0.2, 0.25) is 5.02 Å². The van der Waals surface area contributed by atoms with E-state index in [2.05, 4.69) is 53.0 Å². The molecule has 2 heterocycles. The maximum Gasteiger partial charge on any atom is 0.194 e. The molecule has 1 fully saturated rings. The SMILES string of the molecule is CCNC(=NCC1CCCOC1c1ccccc1)N(C)Cc1cc(Cl)cn1C. The number of halogens is 1. The Labute approximate surface area is 173 Å². The molecule has 0 spiro atoms. The third-order valence-corrected chi connectivity index (χ3v) is 5.43. The quantitative estimate of drug-likeness (QED) is 0.580. The minimum Gasteiger partial charge on any atom is -0.373 e. The molecule has 0 aliphatic carbocycles. The lowest BCUT2D eigenvalue weighted by Gasteiger charge is -2.32. The monoisotopic (exact) mass is 402 g/mol. The Bertz CT molecular complexity index is 774. The summed E-state index contributed by atoms with van der Waals surface area (Å²) in [6.07, 6.45) is 4.29. The van der Waals surface area contributed by atoms with Crippen LogP contribution in [-0.2, 0) is 18.3 Å². The predicted molar refractivity (Wildman–Crippen MR) is 116 cm³/mol. The largest absolute Gasteiger partial charge is 0.373 e. The highest BCUT2D eigenvalue weighted by atomic mass is 35.5. The number of hydrogen-bond donors (Lipinski definition) is 1. The first-order valence-corrected chi connectivity index (χ1v) is 10.4. The number of aromatic nitrogens is 1. The molecule has 2 atom stereocenters. The topological polar surface area (TPSA) is 41.8 Å². The summed E-state index contributed by atoms with van der Waals surface area (Å²) in [6.45, 7) is 5.26. The fourth-order valence-corrected chi connectivity index (χ4v) is 4.03. The zero-order valence-corrected chi connectivity index (χ0v) is 17.8. The molecule has 28 heavy (non-hydrogen) atoms. The molecule has 0 saturated carbocycles. The van der Waals surface area contributed by atoms with Crippen LogP contribution >= 0.6 is 11.6 Å². The number of benzene rings is 1. The van der Waals surface area contributed by atoms with Gasteiger partial charge in [-0.15, -0.1) is 0 Å². The van der Waals surface area contributed by atoms with Gasteiger partial charge in [0.25, 0.3) is 0 Å². The predicted octanol–water partition coefficient (Wildman–Crippen LogP) is 4.24.